The Balaban J connectivity index is 2.35. The number of carboxylic acid groups (broad SMARTS) is 1. The second-order valence-electron chi connectivity index (χ2n) is 4.19. The Hall–Kier alpha value is -1.47. The number of aromatic carboxylic acids is 1. The zero-order valence-electron chi connectivity index (χ0n) is 10.6. The Kier molecular flexibility index (Phi) is 4.10. The highest BCUT2D eigenvalue weighted by Gasteiger charge is 2.33. The van der Waals surface area contributed by atoms with Gasteiger partial charge in [0, 0.05) is 11.4 Å². The van der Waals surface area contributed by atoms with Crippen molar-refractivity contribution >= 4 is 27.3 Å². The minimum Gasteiger partial charge on any atom is -0.477 e. The number of ether oxygens (including phenoxy) is 1. The van der Waals surface area contributed by atoms with E-state index in [1.807, 2.05) is 6.07 Å². The summed E-state index contributed by atoms with van der Waals surface area (Å²) in [5, 5.41) is 17.7. The molecule has 1 N–H and O–H groups in total. The SMILES string of the molecule is Cc1sc(C(=O)O)cc1S(=O)(=O)N1CCOC(C#N)C1. The van der Waals surface area contributed by atoms with Crippen LogP contribution in [0.25, 0.3) is 0 Å². The van der Waals surface area contributed by atoms with E-state index in [0.29, 0.717) is 4.88 Å². The number of hydrogen-bond acceptors (Lipinski definition) is 6. The molecule has 0 bridgehead atoms. The summed E-state index contributed by atoms with van der Waals surface area (Å²) >= 11 is 0.918. The lowest BCUT2D eigenvalue weighted by Gasteiger charge is -2.28. The molecular weight excluding hydrogens is 304 g/mol. The minimum absolute atomic E-state index is 0.0153. The van der Waals surface area contributed by atoms with Crippen molar-refractivity contribution < 1.29 is 23.1 Å². The smallest absolute Gasteiger partial charge is 0.345 e. The summed E-state index contributed by atoms with van der Waals surface area (Å²) in [4.78, 5) is 11.3. The fourth-order valence-electron chi connectivity index (χ4n) is 1.89. The maximum Gasteiger partial charge on any atom is 0.345 e. The lowest BCUT2D eigenvalue weighted by molar-refractivity contribution is 0.0311. The molecule has 0 radical (unpaired) electrons. The minimum atomic E-state index is -3.80. The van der Waals surface area contributed by atoms with Gasteiger partial charge in [-0.25, -0.2) is 13.2 Å². The number of nitrogens with zero attached hydrogens (tertiary/aromatic N) is 2. The van der Waals surface area contributed by atoms with Gasteiger partial charge in [-0.05, 0) is 13.0 Å². The van der Waals surface area contributed by atoms with E-state index in [-0.39, 0.29) is 29.5 Å². The van der Waals surface area contributed by atoms with Crippen molar-refractivity contribution in [3.05, 3.63) is 15.8 Å². The van der Waals surface area contributed by atoms with E-state index in [1.54, 1.807) is 6.92 Å². The van der Waals surface area contributed by atoms with Gasteiger partial charge in [0.1, 0.15) is 4.88 Å². The van der Waals surface area contributed by atoms with E-state index in [0.717, 1.165) is 21.7 Å². The molecule has 2 heterocycles. The van der Waals surface area contributed by atoms with Crippen LogP contribution < -0.4 is 0 Å². The van der Waals surface area contributed by atoms with Crippen LogP contribution in [0.3, 0.4) is 0 Å². The first-order valence-electron chi connectivity index (χ1n) is 5.71. The van der Waals surface area contributed by atoms with Gasteiger partial charge >= 0.3 is 5.97 Å². The molecular formula is C11H12N2O5S2. The molecule has 7 nitrogen and oxygen atoms in total. The number of nitriles is 1. The Bertz CT molecular complexity index is 673. The van der Waals surface area contributed by atoms with E-state index >= 15 is 0 Å². The van der Waals surface area contributed by atoms with Gasteiger partial charge in [-0.2, -0.15) is 9.57 Å². The first-order valence-corrected chi connectivity index (χ1v) is 7.97. The van der Waals surface area contributed by atoms with Crippen LogP contribution in [0.15, 0.2) is 11.0 Å². The summed E-state index contributed by atoms with van der Waals surface area (Å²) in [5.41, 5.74) is 0. The third-order valence-corrected chi connectivity index (χ3v) is 6.03. The highest BCUT2D eigenvalue weighted by atomic mass is 32.2. The largest absolute Gasteiger partial charge is 0.477 e. The topological polar surface area (TPSA) is 108 Å². The Morgan fingerprint density at radius 2 is 2.35 bits per heavy atom. The van der Waals surface area contributed by atoms with Crippen LogP contribution in [0.4, 0.5) is 0 Å². The van der Waals surface area contributed by atoms with Crippen molar-refractivity contribution in [1.29, 1.82) is 5.26 Å². The third kappa shape index (κ3) is 2.69. The molecule has 1 aliphatic rings. The molecule has 0 spiro atoms. The van der Waals surface area contributed by atoms with Gasteiger partial charge in [0.15, 0.2) is 6.10 Å². The number of rotatable bonds is 3. The average Bonchev–Trinajstić information content (AvgIpc) is 2.82. The standard InChI is InChI=1S/C11H12N2O5S2/c1-7-10(4-9(19-7)11(14)15)20(16,17)13-2-3-18-8(5-12)6-13/h4,8H,2-3,6H2,1H3,(H,14,15). The van der Waals surface area contributed by atoms with Gasteiger partial charge in [-0.1, -0.05) is 0 Å². The second-order valence-corrected chi connectivity index (χ2v) is 7.35. The van der Waals surface area contributed by atoms with Crippen LogP contribution in [0, 0.1) is 18.3 Å². The van der Waals surface area contributed by atoms with Gasteiger partial charge in [-0.3, -0.25) is 0 Å². The number of thiophene rings is 1. The zero-order chi connectivity index (χ0) is 14.9. The molecule has 0 saturated carbocycles. The van der Waals surface area contributed by atoms with Crippen LogP contribution in [0.5, 0.6) is 0 Å². The highest BCUT2D eigenvalue weighted by Crippen LogP contribution is 2.29. The molecule has 0 amide bonds. The van der Waals surface area contributed by atoms with Crippen molar-refractivity contribution in [2.45, 2.75) is 17.9 Å². The summed E-state index contributed by atoms with van der Waals surface area (Å²) in [6, 6.07) is 3.04. The molecule has 1 saturated heterocycles. The quantitative estimate of drug-likeness (QED) is 0.878. The normalized spacial score (nSPS) is 20.5. The van der Waals surface area contributed by atoms with Crippen molar-refractivity contribution in [1.82, 2.24) is 4.31 Å². The number of hydrogen-bond donors (Lipinski definition) is 1. The highest BCUT2D eigenvalue weighted by molar-refractivity contribution is 7.89. The van der Waals surface area contributed by atoms with E-state index in [2.05, 4.69) is 0 Å². The summed E-state index contributed by atoms with van der Waals surface area (Å²) in [5.74, 6) is -1.16. The Labute approximate surface area is 120 Å². The molecule has 1 unspecified atom stereocenters. The number of sulfonamides is 1. The van der Waals surface area contributed by atoms with Crippen molar-refractivity contribution in [2.75, 3.05) is 19.7 Å². The second kappa shape index (κ2) is 5.49. The Morgan fingerprint density at radius 3 is 2.90 bits per heavy atom. The maximum absolute atomic E-state index is 12.5. The fourth-order valence-corrected chi connectivity index (χ4v) is 4.71. The molecule has 0 aromatic carbocycles. The average molecular weight is 316 g/mol. The number of carboxylic acids is 1. The molecule has 1 aliphatic heterocycles. The maximum atomic E-state index is 12.5. The summed E-state index contributed by atoms with van der Waals surface area (Å²) in [7, 11) is -3.80. The molecule has 108 valence electrons. The predicted molar refractivity (Wildman–Crippen MR) is 70.1 cm³/mol. The van der Waals surface area contributed by atoms with Crippen LogP contribution in [0.2, 0.25) is 0 Å². The monoisotopic (exact) mass is 316 g/mol. The lowest BCUT2D eigenvalue weighted by Crippen LogP contribution is -2.45. The lowest BCUT2D eigenvalue weighted by atomic mass is 10.3. The van der Waals surface area contributed by atoms with E-state index in [1.165, 1.54) is 0 Å². The van der Waals surface area contributed by atoms with Gasteiger partial charge in [0.05, 0.1) is 24.1 Å². The molecule has 1 aromatic rings. The summed E-state index contributed by atoms with van der Waals surface area (Å²) in [6.07, 6.45) is -0.795. The molecule has 0 aliphatic carbocycles. The molecule has 1 atom stereocenters. The van der Waals surface area contributed by atoms with Crippen molar-refractivity contribution in [2.24, 2.45) is 0 Å². The summed E-state index contributed by atoms with van der Waals surface area (Å²) < 4.78 is 31.2. The van der Waals surface area contributed by atoms with Crippen LogP contribution >= 0.6 is 11.3 Å². The first-order chi connectivity index (χ1) is 9.36. The van der Waals surface area contributed by atoms with E-state index < -0.39 is 22.1 Å². The number of morpholine rings is 1. The van der Waals surface area contributed by atoms with Gasteiger partial charge in [-0.15, -0.1) is 11.3 Å². The van der Waals surface area contributed by atoms with Crippen molar-refractivity contribution in [3.8, 4) is 6.07 Å². The van der Waals surface area contributed by atoms with E-state index in [9.17, 15) is 13.2 Å². The third-order valence-electron chi connectivity index (χ3n) is 2.87. The Morgan fingerprint density at radius 1 is 1.65 bits per heavy atom. The molecule has 1 aromatic heterocycles. The van der Waals surface area contributed by atoms with Crippen LogP contribution in [0.1, 0.15) is 14.5 Å². The van der Waals surface area contributed by atoms with Crippen molar-refractivity contribution in [3.63, 3.8) is 0 Å². The first kappa shape index (κ1) is 14.9. The fraction of sp³-hybridized carbons (Fsp3) is 0.455. The van der Waals surface area contributed by atoms with Crippen LogP contribution in [-0.2, 0) is 14.8 Å². The van der Waals surface area contributed by atoms with Gasteiger partial charge in [0.2, 0.25) is 10.0 Å². The van der Waals surface area contributed by atoms with E-state index in [4.69, 9.17) is 15.1 Å². The molecule has 1 fully saturated rings. The number of carbonyl (C=O) groups is 1. The molecule has 20 heavy (non-hydrogen) atoms. The summed E-state index contributed by atoms with van der Waals surface area (Å²) in [6.45, 7) is 1.81. The molecule has 2 rings (SSSR count). The van der Waals surface area contributed by atoms with Gasteiger partial charge in [0.25, 0.3) is 0 Å². The molecule has 9 heteroatoms. The predicted octanol–water partition coefficient (Wildman–Crippen LogP) is 0.668. The van der Waals surface area contributed by atoms with Gasteiger partial charge < -0.3 is 9.84 Å². The number of aryl methyl sites for hydroxylation is 1. The zero-order valence-corrected chi connectivity index (χ0v) is 12.2. The van der Waals surface area contributed by atoms with Crippen LogP contribution in [-0.4, -0.2) is 49.6 Å².